The zero-order valence-electron chi connectivity index (χ0n) is 17.6. The van der Waals surface area contributed by atoms with Gasteiger partial charge >= 0.3 is 0 Å². The van der Waals surface area contributed by atoms with Crippen LogP contribution in [0, 0.1) is 0 Å². The summed E-state index contributed by atoms with van der Waals surface area (Å²) in [4.78, 5) is 20.5. The molecule has 1 amide bonds. The van der Waals surface area contributed by atoms with Gasteiger partial charge in [-0.1, -0.05) is 56.7 Å². The lowest BCUT2D eigenvalue weighted by molar-refractivity contribution is -0.119. The number of hydrogen-bond acceptors (Lipinski definition) is 2. The summed E-state index contributed by atoms with van der Waals surface area (Å²) in [5.41, 5.74) is 0.871. The third-order valence-corrected chi connectivity index (χ3v) is 6.69. The smallest absolute Gasteiger partial charge is 0.247 e. The normalized spacial score (nSPS) is 24.5. The van der Waals surface area contributed by atoms with E-state index in [4.69, 9.17) is 4.99 Å². The van der Waals surface area contributed by atoms with E-state index >= 15 is 0 Å². The van der Waals surface area contributed by atoms with Gasteiger partial charge in [0.15, 0.2) is 5.96 Å². The maximum absolute atomic E-state index is 13.1. The molecule has 1 atom stereocenters. The van der Waals surface area contributed by atoms with E-state index in [2.05, 4.69) is 15.5 Å². The molecular formula is C24H36N4O. The lowest BCUT2D eigenvalue weighted by Gasteiger charge is -2.33. The van der Waals surface area contributed by atoms with Crippen LogP contribution in [0.25, 0.3) is 0 Å². The minimum absolute atomic E-state index is 0.0930. The Morgan fingerprint density at radius 3 is 2.28 bits per heavy atom. The number of carbonyl (C=O) groups excluding carboxylic acids is 1. The van der Waals surface area contributed by atoms with Crippen molar-refractivity contribution in [1.29, 1.82) is 0 Å². The highest BCUT2D eigenvalue weighted by atomic mass is 16.2. The second kappa shape index (κ2) is 10.1. The second-order valence-corrected chi connectivity index (χ2v) is 8.93. The highest BCUT2D eigenvalue weighted by Crippen LogP contribution is 2.25. The van der Waals surface area contributed by atoms with Crippen molar-refractivity contribution in [2.24, 2.45) is 4.99 Å². The molecule has 0 radical (unpaired) electrons. The number of carbonyl (C=O) groups is 1. The van der Waals surface area contributed by atoms with Gasteiger partial charge in [0, 0.05) is 18.3 Å². The van der Waals surface area contributed by atoms with E-state index in [9.17, 15) is 4.79 Å². The highest BCUT2D eigenvalue weighted by Gasteiger charge is 2.34. The molecule has 2 N–H and O–H groups in total. The van der Waals surface area contributed by atoms with Crippen molar-refractivity contribution >= 4 is 17.6 Å². The minimum Gasteiger partial charge on any atom is -0.353 e. The summed E-state index contributed by atoms with van der Waals surface area (Å²) in [7, 11) is 0. The number of hydrogen-bond donors (Lipinski definition) is 2. The number of anilines is 1. The van der Waals surface area contributed by atoms with Gasteiger partial charge in [0.1, 0.15) is 6.04 Å². The number of likely N-dealkylation sites (tertiary alicyclic amines) is 1. The molecule has 1 aromatic carbocycles. The Labute approximate surface area is 175 Å². The van der Waals surface area contributed by atoms with Crippen molar-refractivity contribution in [3.63, 3.8) is 0 Å². The van der Waals surface area contributed by atoms with Crippen molar-refractivity contribution < 1.29 is 4.79 Å². The number of nitrogens with one attached hydrogen (secondary N) is 2. The summed E-state index contributed by atoms with van der Waals surface area (Å²) in [5.74, 6) is 1.09. The van der Waals surface area contributed by atoms with Crippen molar-refractivity contribution in [3.05, 3.63) is 30.3 Å². The predicted octanol–water partition coefficient (Wildman–Crippen LogP) is 4.70. The summed E-state index contributed by atoms with van der Waals surface area (Å²) in [6.07, 6.45) is 14.6. The van der Waals surface area contributed by atoms with Gasteiger partial charge in [0.05, 0.1) is 6.04 Å². The molecule has 2 aliphatic carbocycles. The molecule has 3 fully saturated rings. The highest BCUT2D eigenvalue weighted by molar-refractivity contribution is 5.98. The zero-order valence-corrected chi connectivity index (χ0v) is 17.6. The van der Waals surface area contributed by atoms with E-state index in [0.29, 0.717) is 12.1 Å². The van der Waals surface area contributed by atoms with Crippen LogP contribution in [0.5, 0.6) is 0 Å². The molecule has 5 heteroatoms. The molecule has 1 aromatic rings. The largest absolute Gasteiger partial charge is 0.353 e. The number of guanidine groups is 1. The Bertz CT molecular complexity index is 677. The number of amides is 1. The Morgan fingerprint density at radius 2 is 1.55 bits per heavy atom. The maximum Gasteiger partial charge on any atom is 0.247 e. The Morgan fingerprint density at radius 1 is 0.862 bits per heavy atom. The van der Waals surface area contributed by atoms with Crippen molar-refractivity contribution in [1.82, 2.24) is 10.2 Å². The van der Waals surface area contributed by atoms with E-state index in [1.54, 1.807) is 0 Å². The lowest BCUT2D eigenvalue weighted by Crippen LogP contribution is -2.52. The van der Waals surface area contributed by atoms with E-state index < -0.39 is 0 Å². The van der Waals surface area contributed by atoms with Crippen LogP contribution in [0.1, 0.15) is 77.0 Å². The van der Waals surface area contributed by atoms with Crippen molar-refractivity contribution in [2.45, 2.75) is 95.2 Å². The molecular weight excluding hydrogens is 360 g/mol. The fraction of sp³-hybridized carbons (Fsp3) is 0.667. The van der Waals surface area contributed by atoms with Gasteiger partial charge in [0.2, 0.25) is 5.91 Å². The first-order chi connectivity index (χ1) is 14.3. The first-order valence-corrected chi connectivity index (χ1v) is 11.8. The molecule has 0 bridgehead atoms. The molecule has 4 rings (SSSR count). The molecule has 0 unspecified atom stereocenters. The molecule has 29 heavy (non-hydrogen) atoms. The third-order valence-electron chi connectivity index (χ3n) is 6.69. The molecule has 1 saturated heterocycles. The van der Waals surface area contributed by atoms with Crippen LogP contribution in [-0.2, 0) is 4.79 Å². The minimum atomic E-state index is -0.131. The van der Waals surface area contributed by atoms with Crippen LogP contribution in [-0.4, -0.2) is 41.4 Å². The number of nitrogens with zero attached hydrogens (tertiary/aromatic N) is 2. The van der Waals surface area contributed by atoms with Gasteiger partial charge in [-0.25, -0.2) is 4.99 Å². The summed E-state index contributed by atoms with van der Waals surface area (Å²) < 4.78 is 0. The average molecular weight is 397 g/mol. The average Bonchev–Trinajstić information content (AvgIpc) is 3.26. The second-order valence-electron chi connectivity index (χ2n) is 8.93. The quantitative estimate of drug-likeness (QED) is 0.573. The fourth-order valence-corrected chi connectivity index (χ4v) is 5.05. The zero-order chi connectivity index (χ0) is 19.9. The molecule has 2 saturated carbocycles. The van der Waals surface area contributed by atoms with Gasteiger partial charge in [0.25, 0.3) is 0 Å². The van der Waals surface area contributed by atoms with E-state index in [1.165, 1.54) is 64.2 Å². The topological polar surface area (TPSA) is 56.7 Å². The molecule has 3 aliphatic rings. The van der Waals surface area contributed by atoms with Crippen LogP contribution >= 0.6 is 0 Å². The molecule has 1 aliphatic heterocycles. The molecule has 1 heterocycles. The maximum atomic E-state index is 13.1. The van der Waals surface area contributed by atoms with Crippen LogP contribution in [0.3, 0.4) is 0 Å². The predicted molar refractivity (Wildman–Crippen MR) is 119 cm³/mol. The van der Waals surface area contributed by atoms with Gasteiger partial charge in [-0.05, 0) is 50.7 Å². The van der Waals surface area contributed by atoms with Crippen LogP contribution in [0.15, 0.2) is 35.3 Å². The number of para-hydroxylation sites is 1. The third kappa shape index (κ3) is 5.52. The summed E-state index contributed by atoms with van der Waals surface area (Å²) in [5, 5.41) is 6.90. The SMILES string of the molecule is O=C(Nc1ccccc1)[C@@H]1CCCN1C(=NC1CCCCC1)NC1CCCCC1. The Kier molecular flexibility index (Phi) is 7.07. The van der Waals surface area contributed by atoms with Crippen LogP contribution in [0.4, 0.5) is 5.69 Å². The van der Waals surface area contributed by atoms with Crippen molar-refractivity contribution in [3.8, 4) is 0 Å². The summed E-state index contributed by atoms with van der Waals surface area (Å²) >= 11 is 0. The number of aliphatic imine (C=N–C) groups is 1. The Balaban J connectivity index is 1.49. The van der Waals surface area contributed by atoms with E-state index in [-0.39, 0.29) is 11.9 Å². The molecule has 0 spiro atoms. The monoisotopic (exact) mass is 396 g/mol. The molecule has 0 aromatic heterocycles. The van der Waals surface area contributed by atoms with Crippen LogP contribution in [0.2, 0.25) is 0 Å². The fourth-order valence-electron chi connectivity index (χ4n) is 5.05. The van der Waals surface area contributed by atoms with Gasteiger partial charge in [-0.2, -0.15) is 0 Å². The first-order valence-electron chi connectivity index (χ1n) is 11.8. The van der Waals surface area contributed by atoms with Gasteiger partial charge in [-0.15, -0.1) is 0 Å². The van der Waals surface area contributed by atoms with Gasteiger partial charge in [-0.3, -0.25) is 4.79 Å². The van der Waals surface area contributed by atoms with E-state index in [0.717, 1.165) is 31.0 Å². The standard InChI is InChI=1S/C24H36N4O/c29-23(25-19-11-4-1-5-12-19)22-17-10-18-28(22)24(26-20-13-6-2-7-14-20)27-21-15-8-3-9-16-21/h1,4-5,11-12,20-22H,2-3,6-10,13-18H2,(H,25,29)(H,26,27)/t22-/m0/s1. The summed E-state index contributed by atoms with van der Waals surface area (Å²) in [6, 6.07) is 10.6. The molecule has 5 nitrogen and oxygen atoms in total. The Hall–Kier alpha value is -2.04. The number of rotatable bonds is 4. The molecule has 158 valence electrons. The van der Waals surface area contributed by atoms with Crippen LogP contribution < -0.4 is 10.6 Å². The number of benzene rings is 1. The summed E-state index contributed by atoms with van der Waals surface area (Å²) in [6.45, 7) is 0.915. The first kappa shape index (κ1) is 20.2. The van der Waals surface area contributed by atoms with Crippen molar-refractivity contribution in [2.75, 3.05) is 11.9 Å². The lowest BCUT2D eigenvalue weighted by atomic mass is 9.95. The van der Waals surface area contributed by atoms with Gasteiger partial charge < -0.3 is 15.5 Å². The van der Waals surface area contributed by atoms with E-state index in [1.807, 2.05) is 30.3 Å².